The molecule has 1 heterocycles. The SMILES string of the molecule is COc1cccc(N=Cc2c(C)c(C#N)c(=O)n(CC(C)C)c2O)c1. The van der Waals surface area contributed by atoms with E-state index >= 15 is 0 Å². The number of pyridine rings is 1. The molecule has 0 atom stereocenters. The number of rotatable bonds is 5. The van der Waals surface area contributed by atoms with Crippen molar-refractivity contribution >= 4 is 11.9 Å². The molecule has 0 aliphatic rings. The van der Waals surface area contributed by atoms with Crippen molar-refractivity contribution in [3.05, 3.63) is 51.3 Å². The minimum Gasteiger partial charge on any atom is -0.497 e. The number of aliphatic imine (C=N–C) groups is 1. The monoisotopic (exact) mass is 339 g/mol. The zero-order chi connectivity index (χ0) is 18.6. The van der Waals surface area contributed by atoms with E-state index in [4.69, 9.17) is 4.74 Å². The van der Waals surface area contributed by atoms with Crippen LogP contribution in [-0.2, 0) is 6.54 Å². The van der Waals surface area contributed by atoms with Crippen molar-refractivity contribution in [3.8, 4) is 17.7 Å². The van der Waals surface area contributed by atoms with E-state index in [2.05, 4.69) is 4.99 Å². The Bertz CT molecular complexity index is 905. The smallest absolute Gasteiger partial charge is 0.271 e. The summed E-state index contributed by atoms with van der Waals surface area (Å²) in [5, 5.41) is 19.9. The third-order valence-corrected chi connectivity index (χ3v) is 3.79. The summed E-state index contributed by atoms with van der Waals surface area (Å²) in [5.41, 5.74) is 0.949. The van der Waals surface area contributed by atoms with E-state index < -0.39 is 5.56 Å². The Morgan fingerprint density at radius 3 is 2.76 bits per heavy atom. The van der Waals surface area contributed by atoms with Crippen LogP contribution in [0.5, 0.6) is 11.6 Å². The van der Waals surface area contributed by atoms with Gasteiger partial charge in [0.2, 0.25) is 5.88 Å². The summed E-state index contributed by atoms with van der Waals surface area (Å²) in [5.74, 6) is 0.626. The summed E-state index contributed by atoms with van der Waals surface area (Å²) in [6.45, 7) is 5.82. The van der Waals surface area contributed by atoms with Crippen LogP contribution in [0, 0.1) is 24.2 Å². The molecule has 0 saturated carbocycles. The molecule has 0 saturated heterocycles. The first-order valence-corrected chi connectivity index (χ1v) is 7.93. The maximum Gasteiger partial charge on any atom is 0.271 e. The van der Waals surface area contributed by atoms with Gasteiger partial charge in [0, 0.05) is 18.8 Å². The standard InChI is InChI=1S/C19H21N3O3/c1-12(2)11-22-18(23)16(9-20)13(3)17(19(22)24)10-21-14-6-5-7-15(8-14)25-4/h5-8,10,12,24H,11H2,1-4H3. The first kappa shape index (κ1) is 18.3. The average Bonchev–Trinajstić information content (AvgIpc) is 2.59. The number of aromatic nitrogens is 1. The minimum atomic E-state index is -0.482. The van der Waals surface area contributed by atoms with Crippen LogP contribution in [0.4, 0.5) is 5.69 Å². The fraction of sp³-hybridized carbons (Fsp3) is 0.316. The molecule has 0 aliphatic heterocycles. The third kappa shape index (κ3) is 3.89. The molecular formula is C19H21N3O3. The number of methoxy groups -OCH3 is 1. The van der Waals surface area contributed by atoms with Gasteiger partial charge in [0.25, 0.3) is 5.56 Å². The van der Waals surface area contributed by atoms with Crippen LogP contribution in [0.25, 0.3) is 0 Å². The fourth-order valence-electron chi connectivity index (χ4n) is 2.49. The second-order valence-corrected chi connectivity index (χ2v) is 6.12. The number of nitrogens with zero attached hydrogens (tertiary/aromatic N) is 3. The molecule has 0 amide bonds. The Hall–Kier alpha value is -3.07. The summed E-state index contributed by atoms with van der Waals surface area (Å²) in [6, 6.07) is 9.08. The van der Waals surface area contributed by atoms with Crippen LogP contribution in [0.15, 0.2) is 34.1 Å². The van der Waals surface area contributed by atoms with Crippen LogP contribution in [0.1, 0.15) is 30.5 Å². The molecule has 1 N–H and O–H groups in total. The average molecular weight is 339 g/mol. The van der Waals surface area contributed by atoms with Crippen molar-refractivity contribution < 1.29 is 9.84 Å². The lowest BCUT2D eigenvalue weighted by atomic mass is 10.1. The molecule has 1 aromatic heterocycles. The molecular weight excluding hydrogens is 318 g/mol. The highest BCUT2D eigenvalue weighted by Gasteiger charge is 2.18. The summed E-state index contributed by atoms with van der Waals surface area (Å²) in [6.07, 6.45) is 1.47. The van der Waals surface area contributed by atoms with Crippen LogP contribution in [-0.4, -0.2) is 23.0 Å². The van der Waals surface area contributed by atoms with E-state index in [1.165, 1.54) is 10.8 Å². The van der Waals surface area contributed by atoms with Gasteiger partial charge in [-0.3, -0.25) is 14.4 Å². The molecule has 0 unspecified atom stereocenters. The highest BCUT2D eigenvalue weighted by molar-refractivity contribution is 5.87. The van der Waals surface area contributed by atoms with E-state index in [-0.39, 0.29) is 17.4 Å². The van der Waals surface area contributed by atoms with Crippen molar-refractivity contribution in [1.29, 1.82) is 5.26 Å². The van der Waals surface area contributed by atoms with Gasteiger partial charge < -0.3 is 9.84 Å². The second-order valence-electron chi connectivity index (χ2n) is 6.12. The molecule has 2 aromatic rings. The van der Waals surface area contributed by atoms with E-state index in [1.54, 1.807) is 38.3 Å². The molecule has 0 fully saturated rings. The maximum atomic E-state index is 12.4. The molecule has 2 rings (SSSR count). The lowest BCUT2D eigenvalue weighted by molar-refractivity contribution is 0.381. The molecule has 130 valence electrons. The molecule has 6 nitrogen and oxygen atoms in total. The lowest BCUT2D eigenvalue weighted by Gasteiger charge is -2.15. The topological polar surface area (TPSA) is 87.6 Å². The largest absolute Gasteiger partial charge is 0.497 e. The third-order valence-electron chi connectivity index (χ3n) is 3.79. The Labute approximate surface area is 146 Å². The van der Waals surface area contributed by atoms with Crippen molar-refractivity contribution in [2.45, 2.75) is 27.3 Å². The minimum absolute atomic E-state index is 0.0190. The van der Waals surface area contributed by atoms with Gasteiger partial charge in [0.1, 0.15) is 17.4 Å². The number of hydrogen-bond donors (Lipinski definition) is 1. The summed E-state index contributed by atoms with van der Waals surface area (Å²) in [7, 11) is 1.57. The first-order chi connectivity index (χ1) is 11.9. The molecule has 0 spiro atoms. The summed E-state index contributed by atoms with van der Waals surface area (Å²) < 4.78 is 6.38. The van der Waals surface area contributed by atoms with Gasteiger partial charge in [-0.05, 0) is 30.5 Å². The Kier molecular flexibility index (Phi) is 5.60. The zero-order valence-corrected chi connectivity index (χ0v) is 14.8. The van der Waals surface area contributed by atoms with Crippen molar-refractivity contribution in [1.82, 2.24) is 4.57 Å². The maximum absolute atomic E-state index is 12.4. The second kappa shape index (κ2) is 7.67. The fourth-order valence-corrected chi connectivity index (χ4v) is 2.49. The Morgan fingerprint density at radius 2 is 2.16 bits per heavy atom. The van der Waals surface area contributed by atoms with Crippen molar-refractivity contribution in [2.75, 3.05) is 7.11 Å². The van der Waals surface area contributed by atoms with Crippen molar-refractivity contribution in [2.24, 2.45) is 10.9 Å². The number of ether oxygens (including phenoxy) is 1. The quantitative estimate of drug-likeness (QED) is 0.848. The van der Waals surface area contributed by atoms with E-state index in [9.17, 15) is 15.2 Å². The number of nitriles is 1. The van der Waals surface area contributed by atoms with Gasteiger partial charge in [-0.1, -0.05) is 19.9 Å². The molecule has 1 aromatic carbocycles. The van der Waals surface area contributed by atoms with Crippen LogP contribution < -0.4 is 10.3 Å². The molecule has 0 aliphatic carbocycles. The van der Waals surface area contributed by atoms with E-state index in [1.807, 2.05) is 19.9 Å². The molecule has 25 heavy (non-hydrogen) atoms. The predicted octanol–water partition coefficient (Wildman–Crippen LogP) is 3.15. The number of hydrogen-bond acceptors (Lipinski definition) is 5. The summed E-state index contributed by atoms with van der Waals surface area (Å²) >= 11 is 0. The molecule has 6 heteroatoms. The molecule has 0 radical (unpaired) electrons. The Balaban J connectivity index is 2.58. The van der Waals surface area contributed by atoms with Gasteiger partial charge in [-0.25, -0.2) is 0 Å². The normalized spacial score (nSPS) is 11.0. The summed E-state index contributed by atoms with van der Waals surface area (Å²) in [4.78, 5) is 16.7. The van der Waals surface area contributed by atoms with Gasteiger partial charge in [-0.2, -0.15) is 5.26 Å². The van der Waals surface area contributed by atoms with Crippen LogP contribution in [0.2, 0.25) is 0 Å². The highest BCUT2D eigenvalue weighted by Crippen LogP contribution is 2.23. The van der Waals surface area contributed by atoms with Gasteiger partial charge in [0.05, 0.1) is 18.4 Å². The van der Waals surface area contributed by atoms with Crippen LogP contribution in [0.3, 0.4) is 0 Å². The molecule has 0 bridgehead atoms. The number of benzene rings is 1. The van der Waals surface area contributed by atoms with Crippen molar-refractivity contribution in [3.63, 3.8) is 0 Å². The van der Waals surface area contributed by atoms with Crippen LogP contribution >= 0.6 is 0 Å². The highest BCUT2D eigenvalue weighted by atomic mass is 16.5. The Morgan fingerprint density at radius 1 is 1.44 bits per heavy atom. The number of aromatic hydroxyl groups is 1. The predicted molar refractivity (Wildman–Crippen MR) is 96.9 cm³/mol. The zero-order valence-electron chi connectivity index (χ0n) is 14.8. The van der Waals surface area contributed by atoms with Gasteiger partial charge in [-0.15, -0.1) is 0 Å². The van der Waals surface area contributed by atoms with Gasteiger partial charge >= 0.3 is 0 Å². The first-order valence-electron chi connectivity index (χ1n) is 7.93. The van der Waals surface area contributed by atoms with Gasteiger partial charge in [0.15, 0.2) is 0 Å². The lowest BCUT2D eigenvalue weighted by Crippen LogP contribution is -2.27. The van der Waals surface area contributed by atoms with E-state index in [0.29, 0.717) is 29.1 Å². The van der Waals surface area contributed by atoms with E-state index in [0.717, 1.165) is 0 Å².